The fourth-order valence-electron chi connectivity index (χ4n) is 4.40. The summed E-state index contributed by atoms with van der Waals surface area (Å²) in [5.41, 5.74) is 2.58. The molecule has 0 amide bonds. The number of benzene rings is 3. The number of allylic oxidation sites excluding steroid dienone is 1. The molecular formula is C30H36O2Si. The van der Waals surface area contributed by atoms with E-state index in [1.165, 1.54) is 0 Å². The summed E-state index contributed by atoms with van der Waals surface area (Å²) < 4.78 is 13.1. The summed E-state index contributed by atoms with van der Waals surface area (Å²) in [5, 5.41) is 0. The van der Waals surface area contributed by atoms with Crippen molar-refractivity contribution < 1.29 is 9.16 Å². The molecule has 0 atom stereocenters. The summed E-state index contributed by atoms with van der Waals surface area (Å²) in [5.74, 6) is 0.737. The summed E-state index contributed by atoms with van der Waals surface area (Å²) >= 11 is 0. The average Bonchev–Trinajstić information content (AvgIpc) is 2.89. The standard InChI is InChI=1S/C30H36O2Si/c1-5-33(6-2,7-3)32-26(4)18-17-25-31-30(27-19-11-8-12-20-27,28-21-13-9-14-22-28)29-23-15-10-16-24-29/h8-24H,4-7,25H2,1-3H3/b18-17+. The van der Waals surface area contributed by atoms with E-state index in [0.29, 0.717) is 6.61 Å². The number of ether oxygens (including phenoxy) is 1. The zero-order chi connectivity index (χ0) is 23.6. The molecule has 0 fully saturated rings. The first-order valence-electron chi connectivity index (χ1n) is 11.9. The Labute approximate surface area is 200 Å². The molecule has 0 radical (unpaired) electrons. The van der Waals surface area contributed by atoms with Crippen molar-refractivity contribution in [1.82, 2.24) is 0 Å². The lowest BCUT2D eigenvalue weighted by Crippen LogP contribution is -2.35. The van der Waals surface area contributed by atoms with Crippen molar-refractivity contribution in [3.05, 3.63) is 132 Å². The predicted molar refractivity (Wildman–Crippen MR) is 142 cm³/mol. The molecule has 172 valence electrons. The van der Waals surface area contributed by atoms with Crippen LogP contribution in [0.2, 0.25) is 18.1 Å². The van der Waals surface area contributed by atoms with E-state index in [1.54, 1.807) is 0 Å². The van der Waals surface area contributed by atoms with Crippen LogP contribution in [-0.2, 0) is 14.8 Å². The molecule has 0 unspecified atom stereocenters. The molecule has 0 saturated carbocycles. The zero-order valence-corrected chi connectivity index (χ0v) is 21.2. The van der Waals surface area contributed by atoms with Crippen molar-refractivity contribution in [2.24, 2.45) is 0 Å². The predicted octanol–water partition coefficient (Wildman–Crippen LogP) is 8.09. The van der Waals surface area contributed by atoms with Crippen LogP contribution >= 0.6 is 0 Å². The Kier molecular flexibility index (Phi) is 8.87. The normalized spacial score (nSPS) is 12.1. The van der Waals surface area contributed by atoms with Gasteiger partial charge in [0.1, 0.15) is 5.60 Å². The minimum Gasteiger partial charge on any atom is -0.544 e. The number of hydrogen-bond acceptors (Lipinski definition) is 2. The third-order valence-electron chi connectivity index (χ3n) is 6.52. The highest BCUT2D eigenvalue weighted by Gasteiger charge is 2.37. The quantitative estimate of drug-likeness (QED) is 0.119. The van der Waals surface area contributed by atoms with Crippen molar-refractivity contribution in [3.63, 3.8) is 0 Å². The zero-order valence-electron chi connectivity index (χ0n) is 20.2. The van der Waals surface area contributed by atoms with Crippen LogP contribution in [-0.4, -0.2) is 14.9 Å². The molecule has 33 heavy (non-hydrogen) atoms. The van der Waals surface area contributed by atoms with E-state index in [9.17, 15) is 0 Å². The Balaban J connectivity index is 1.92. The van der Waals surface area contributed by atoms with E-state index < -0.39 is 13.9 Å². The molecule has 3 rings (SSSR count). The van der Waals surface area contributed by atoms with Gasteiger partial charge < -0.3 is 9.16 Å². The maximum atomic E-state index is 6.78. The van der Waals surface area contributed by atoms with Gasteiger partial charge in [-0.3, -0.25) is 0 Å². The van der Waals surface area contributed by atoms with E-state index in [0.717, 1.165) is 40.6 Å². The van der Waals surface area contributed by atoms with Crippen molar-refractivity contribution in [3.8, 4) is 0 Å². The van der Waals surface area contributed by atoms with Gasteiger partial charge in [-0.15, -0.1) is 0 Å². The number of rotatable bonds is 12. The lowest BCUT2D eigenvalue weighted by Gasteiger charge is -2.35. The van der Waals surface area contributed by atoms with Gasteiger partial charge in [-0.25, -0.2) is 0 Å². The largest absolute Gasteiger partial charge is 0.544 e. The Morgan fingerprint density at radius 2 is 1.12 bits per heavy atom. The van der Waals surface area contributed by atoms with Crippen molar-refractivity contribution >= 4 is 8.32 Å². The van der Waals surface area contributed by atoms with Crippen LogP contribution in [0.25, 0.3) is 0 Å². The topological polar surface area (TPSA) is 18.5 Å². The van der Waals surface area contributed by atoms with Gasteiger partial charge in [0, 0.05) is 0 Å². The molecule has 0 aliphatic rings. The van der Waals surface area contributed by atoms with Crippen LogP contribution in [0.3, 0.4) is 0 Å². The van der Waals surface area contributed by atoms with Crippen molar-refractivity contribution in [2.45, 2.75) is 44.5 Å². The molecule has 0 bridgehead atoms. The highest BCUT2D eigenvalue weighted by Crippen LogP contribution is 2.40. The Bertz CT molecular complexity index is 904. The summed E-state index contributed by atoms with van der Waals surface area (Å²) in [6.45, 7) is 11.3. The third kappa shape index (κ3) is 5.73. The first kappa shape index (κ1) is 24.8. The third-order valence-corrected chi connectivity index (χ3v) is 11.1. The molecule has 0 aliphatic heterocycles. The Morgan fingerprint density at radius 1 is 0.727 bits per heavy atom. The molecule has 0 saturated heterocycles. The minimum atomic E-state index is -1.73. The van der Waals surface area contributed by atoms with Crippen molar-refractivity contribution in [1.29, 1.82) is 0 Å². The van der Waals surface area contributed by atoms with Gasteiger partial charge in [-0.2, -0.15) is 0 Å². The van der Waals surface area contributed by atoms with E-state index >= 15 is 0 Å². The van der Waals surface area contributed by atoms with Crippen LogP contribution in [0.4, 0.5) is 0 Å². The molecule has 0 N–H and O–H groups in total. The van der Waals surface area contributed by atoms with E-state index in [1.807, 2.05) is 30.4 Å². The van der Waals surface area contributed by atoms with Crippen LogP contribution in [0.5, 0.6) is 0 Å². The van der Waals surface area contributed by atoms with Crippen LogP contribution in [0.15, 0.2) is 115 Å². The first-order chi connectivity index (χ1) is 16.1. The molecule has 0 aliphatic carbocycles. The molecular weight excluding hydrogens is 420 g/mol. The second-order valence-corrected chi connectivity index (χ2v) is 13.0. The first-order valence-corrected chi connectivity index (χ1v) is 14.5. The van der Waals surface area contributed by atoms with E-state index in [-0.39, 0.29) is 0 Å². The number of hydrogen-bond donors (Lipinski definition) is 0. The summed E-state index contributed by atoms with van der Waals surface area (Å²) in [6, 6.07) is 34.6. The SMILES string of the molecule is C=C(/C=C/COC(c1ccccc1)(c1ccccc1)c1ccccc1)O[Si](CC)(CC)CC. The molecule has 3 heteroatoms. The Morgan fingerprint density at radius 3 is 1.48 bits per heavy atom. The van der Waals surface area contributed by atoms with Crippen molar-refractivity contribution in [2.75, 3.05) is 6.61 Å². The van der Waals surface area contributed by atoms with Crippen LogP contribution in [0, 0.1) is 0 Å². The van der Waals surface area contributed by atoms with Gasteiger partial charge in [-0.1, -0.05) is 124 Å². The van der Waals surface area contributed by atoms with Gasteiger partial charge in [-0.05, 0) is 40.9 Å². The van der Waals surface area contributed by atoms with Crippen LogP contribution in [0.1, 0.15) is 37.5 Å². The van der Waals surface area contributed by atoms with Gasteiger partial charge >= 0.3 is 0 Å². The fourth-order valence-corrected chi connectivity index (χ4v) is 6.96. The highest BCUT2D eigenvalue weighted by molar-refractivity contribution is 6.73. The lowest BCUT2D eigenvalue weighted by molar-refractivity contribution is 0.0319. The average molecular weight is 457 g/mol. The van der Waals surface area contributed by atoms with Gasteiger partial charge in [0.05, 0.1) is 12.4 Å². The molecule has 0 spiro atoms. The second kappa shape index (κ2) is 11.8. The molecule has 2 nitrogen and oxygen atoms in total. The lowest BCUT2D eigenvalue weighted by atomic mass is 9.80. The van der Waals surface area contributed by atoms with Gasteiger partial charge in [0.25, 0.3) is 0 Å². The smallest absolute Gasteiger partial charge is 0.250 e. The summed E-state index contributed by atoms with van der Waals surface area (Å²) in [6.07, 6.45) is 3.99. The maximum absolute atomic E-state index is 6.78. The second-order valence-electron chi connectivity index (χ2n) is 8.30. The molecule has 0 heterocycles. The molecule has 3 aromatic rings. The van der Waals surface area contributed by atoms with Gasteiger partial charge in [0.15, 0.2) is 0 Å². The summed E-state index contributed by atoms with van der Waals surface area (Å²) in [4.78, 5) is 0. The minimum absolute atomic E-state index is 0.431. The fraction of sp³-hybridized carbons (Fsp3) is 0.267. The molecule has 0 aromatic heterocycles. The molecule has 3 aromatic carbocycles. The van der Waals surface area contributed by atoms with E-state index in [4.69, 9.17) is 9.16 Å². The summed E-state index contributed by atoms with van der Waals surface area (Å²) in [7, 11) is -1.73. The van der Waals surface area contributed by atoms with Gasteiger partial charge in [0.2, 0.25) is 8.32 Å². The maximum Gasteiger partial charge on any atom is 0.250 e. The van der Waals surface area contributed by atoms with E-state index in [2.05, 4.69) is 100 Å². The monoisotopic (exact) mass is 456 g/mol. The Hall–Kier alpha value is -2.88. The highest BCUT2D eigenvalue weighted by atomic mass is 28.4. The van der Waals surface area contributed by atoms with Crippen LogP contribution < -0.4 is 0 Å².